The summed E-state index contributed by atoms with van der Waals surface area (Å²) in [7, 11) is 5.32. The fourth-order valence-electron chi connectivity index (χ4n) is 7.89. The highest BCUT2D eigenvalue weighted by molar-refractivity contribution is 5.92. The molecule has 4 aliphatic rings. The normalized spacial score (nSPS) is 48.8. The number of carbonyl (C=O) groups excluding carboxylic acids is 2. The minimum absolute atomic E-state index is 0. The summed E-state index contributed by atoms with van der Waals surface area (Å²) >= 11 is 0. The lowest BCUT2D eigenvalue weighted by Gasteiger charge is -2.46. The zero-order valence-corrected chi connectivity index (χ0v) is 31.8. The van der Waals surface area contributed by atoms with E-state index in [0.29, 0.717) is 6.42 Å². The Labute approximate surface area is 298 Å². The van der Waals surface area contributed by atoms with Gasteiger partial charge in [-0.15, -0.1) is 12.4 Å². The zero-order chi connectivity index (χ0) is 35.8. The lowest BCUT2D eigenvalue weighted by atomic mass is 9.76. The summed E-state index contributed by atoms with van der Waals surface area (Å²) in [5.74, 6) is -3.74. The molecule has 0 aromatic carbocycles. The summed E-state index contributed by atoms with van der Waals surface area (Å²) in [5, 5.41) is 33.3. The van der Waals surface area contributed by atoms with Crippen LogP contribution in [0.4, 0.5) is 0 Å². The molecule has 0 radical (unpaired) electrons. The van der Waals surface area contributed by atoms with E-state index >= 15 is 0 Å². The Morgan fingerprint density at radius 2 is 1.43 bits per heavy atom. The van der Waals surface area contributed by atoms with Gasteiger partial charge in [-0.05, 0) is 60.5 Å². The topological polar surface area (TPSA) is 166 Å². The first-order valence-corrected chi connectivity index (χ1v) is 17.7. The first-order chi connectivity index (χ1) is 22.4. The monoisotopic (exact) mass is 723 g/mol. The molecule has 0 aromatic rings. The second-order valence-corrected chi connectivity index (χ2v) is 15.3. The van der Waals surface area contributed by atoms with Crippen molar-refractivity contribution in [3.8, 4) is 0 Å². The SMILES string of the molecule is CO[C@H]1C[C@H](O[C@H]2[C@H](C)[C@@H](O[C@@H]3O[C@H](C)C[C@H](N(C)C)[C@H]3O)[C@H](C)C[C@@]3(CO3)C(=O)[C@H](C)[C@@H](O)[C@@H](C)[C@@H](C)OC(=O)[C@@H]2C)O[C@@H](C)[C@@H]1O.Cl. The van der Waals surface area contributed by atoms with Gasteiger partial charge < -0.3 is 53.4 Å². The van der Waals surface area contributed by atoms with Crippen LogP contribution in [-0.2, 0) is 42.7 Å². The molecule has 4 rings (SSSR count). The second-order valence-electron chi connectivity index (χ2n) is 15.3. The molecule has 0 amide bonds. The summed E-state index contributed by atoms with van der Waals surface area (Å²) < 4.78 is 43.0. The number of ether oxygens (including phenoxy) is 7. The lowest BCUT2D eigenvalue weighted by molar-refractivity contribution is -0.299. The molecule has 13 nitrogen and oxygen atoms in total. The highest BCUT2D eigenvalue weighted by atomic mass is 35.5. The molecule has 0 saturated carbocycles. The van der Waals surface area contributed by atoms with Crippen molar-refractivity contribution >= 4 is 24.2 Å². The molecule has 49 heavy (non-hydrogen) atoms. The van der Waals surface area contributed by atoms with E-state index in [1.54, 1.807) is 34.6 Å². The molecule has 0 bridgehead atoms. The molecular formula is C35H62ClNO12. The average Bonchev–Trinajstić information content (AvgIpc) is 3.82. The van der Waals surface area contributed by atoms with Crippen LogP contribution in [0.5, 0.6) is 0 Å². The number of methoxy groups -OCH3 is 1. The number of rotatable bonds is 6. The Morgan fingerprint density at radius 3 is 2.00 bits per heavy atom. The third kappa shape index (κ3) is 9.34. The van der Waals surface area contributed by atoms with Crippen molar-refractivity contribution < 1.29 is 58.1 Å². The maximum Gasteiger partial charge on any atom is 0.311 e. The molecule has 0 unspecified atom stereocenters. The van der Waals surface area contributed by atoms with Gasteiger partial charge in [0.15, 0.2) is 24.0 Å². The van der Waals surface area contributed by atoms with Crippen molar-refractivity contribution in [2.24, 2.45) is 29.6 Å². The number of nitrogens with zero attached hydrogens (tertiary/aromatic N) is 1. The first kappa shape index (κ1) is 42.4. The molecule has 4 fully saturated rings. The zero-order valence-electron chi connectivity index (χ0n) is 31.0. The van der Waals surface area contributed by atoms with E-state index in [1.807, 2.05) is 39.8 Å². The van der Waals surface area contributed by atoms with Gasteiger partial charge in [0.05, 0.1) is 49.1 Å². The summed E-state index contributed by atoms with van der Waals surface area (Å²) in [6.07, 6.45) is -7.15. The lowest BCUT2D eigenvalue weighted by Crippen LogP contribution is -2.57. The predicted octanol–water partition coefficient (Wildman–Crippen LogP) is 2.33. The van der Waals surface area contributed by atoms with Crippen LogP contribution >= 0.6 is 12.4 Å². The molecule has 0 aliphatic carbocycles. The van der Waals surface area contributed by atoms with E-state index in [0.717, 1.165) is 0 Å². The smallest absolute Gasteiger partial charge is 0.311 e. The van der Waals surface area contributed by atoms with E-state index in [1.165, 1.54) is 7.11 Å². The number of likely N-dealkylation sites (N-methyl/N-ethyl adjacent to an activating group) is 1. The van der Waals surface area contributed by atoms with Crippen LogP contribution in [0.15, 0.2) is 0 Å². The fraction of sp³-hybridized carbons (Fsp3) is 0.943. The van der Waals surface area contributed by atoms with E-state index in [2.05, 4.69) is 0 Å². The Morgan fingerprint density at radius 1 is 0.796 bits per heavy atom. The molecule has 4 aliphatic heterocycles. The summed E-state index contributed by atoms with van der Waals surface area (Å²) in [6, 6.07) is -0.219. The van der Waals surface area contributed by atoms with Crippen LogP contribution in [0.25, 0.3) is 0 Å². The Kier molecular flexibility index (Phi) is 14.9. The van der Waals surface area contributed by atoms with Gasteiger partial charge in [0.1, 0.15) is 18.3 Å². The van der Waals surface area contributed by atoms with Gasteiger partial charge >= 0.3 is 5.97 Å². The van der Waals surface area contributed by atoms with Crippen molar-refractivity contribution in [1.82, 2.24) is 4.90 Å². The van der Waals surface area contributed by atoms with E-state index in [9.17, 15) is 24.9 Å². The summed E-state index contributed by atoms with van der Waals surface area (Å²) in [4.78, 5) is 29.7. The van der Waals surface area contributed by atoms with E-state index in [4.69, 9.17) is 33.2 Å². The van der Waals surface area contributed by atoms with E-state index in [-0.39, 0.29) is 55.7 Å². The van der Waals surface area contributed by atoms with Gasteiger partial charge in [-0.3, -0.25) is 9.59 Å². The third-order valence-corrected chi connectivity index (χ3v) is 11.4. The van der Waals surface area contributed by atoms with Crippen LogP contribution in [0.2, 0.25) is 0 Å². The quantitative estimate of drug-likeness (QED) is 0.270. The summed E-state index contributed by atoms with van der Waals surface area (Å²) in [6.45, 7) is 14.6. The van der Waals surface area contributed by atoms with Crippen LogP contribution in [0.3, 0.4) is 0 Å². The Bertz CT molecular complexity index is 1090. The number of epoxide rings is 1. The number of hydrogen-bond donors (Lipinski definition) is 3. The molecule has 4 saturated heterocycles. The third-order valence-electron chi connectivity index (χ3n) is 11.4. The molecule has 1 spiro atoms. The number of halogens is 1. The number of Topliss-reactive ketones (excluding diaryl/α,β-unsaturated/α-hetero) is 1. The second kappa shape index (κ2) is 17.2. The van der Waals surface area contributed by atoms with Crippen molar-refractivity contribution in [2.75, 3.05) is 27.8 Å². The van der Waals surface area contributed by atoms with Crippen LogP contribution in [-0.4, -0.2) is 139 Å². The highest BCUT2D eigenvalue weighted by Gasteiger charge is 2.57. The minimum atomic E-state index is -1.10. The fourth-order valence-corrected chi connectivity index (χ4v) is 7.89. The standard InChI is InChI=1S/C35H61NO12.ClH/c1-16-14-35(15-43-35)32(40)19(4)27(37)18(3)22(7)46-33(41)21(6)31(47-26-13-25(42-11)28(38)23(8)45-26)20(5)30(16)48-34-29(39)24(36(9)10)12-17(2)44-34;/h16-31,34,37-39H,12-15H2,1-11H3;1H/t16-,17-,18+,19-,20-,21-,22-,23+,24+,25+,26+,27+,28+,29-,30+,31+,34+,35-;/m1./s1. The van der Waals surface area contributed by atoms with E-state index < -0.39 is 96.7 Å². The number of ketones is 1. The number of esters is 1. The van der Waals surface area contributed by atoms with Crippen LogP contribution in [0, 0.1) is 29.6 Å². The molecule has 0 aromatic heterocycles. The number of cyclic esters (lactones) is 1. The number of aliphatic hydroxyl groups is 3. The van der Waals surface area contributed by atoms with Crippen molar-refractivity contribution in [3.05, 3.63) is 0 Å². The number of aliphatic hydroxyl groups excluding tert-OH is 3. The molecular weight excluding hydrogens is 662 g/mol. The number of carbonyl (C=O) groups is 2. The van der Waals surface area contributed by atoms with Crippen molar-refractivity contribution in [3.63, 3.8) is 0 Å². The average molecular weight is 724 g/mol. The largest absolute Gasteiger partial charge is 0.462 e. The van der Waals surface area contributed by atoms with Crippen molar-refractivity contribution in [2.45, 2.75) is 154 Å². The Balaban J connectivity index is 0.00000650. The molecule has 286 valence electrons. The maximum atomic E-state index is 13.9. The van der Waals surface area contributed by atoms with Gasteiger partial charge in [0.25, 0.3) is 0 Å². The predicted molar refractivity (Wildman–Crippen MR) is 181 cm³/mol. The molecule has 18 atom stereocenters. The van der Waals surface area contributed by atoms with Gasteiger partial charge in [-0.25, -0.2) is 0 Å². The van der Waals surface area contributed by atoms with Gasteiger partial charge in [-0.1, -0.05) is 27.7 Å². The van der Waals surface area contributed by atoms with Gasteiger partial charge in [0.2, 0.25) is 0 Å². The maximum absolute atomic E-state index is 13.9. The molecule has 4 heterocycles. The first-order valence-electron chi connectivity index (χ1n) is 17.7. The van der Waals surface area contributed by atoms with Crippen LogP contribution in [0.1, 0.15) is 74.7 Å². The Hall–Kier alpha value is -0.970. The van der Waals surface area contributed by atoms with Gasteiger partial charge in [-0.2, -0.15) is 0 Å². The highest BCUT2D eigenvalue weighted by Crippen LogP contribution is 2.43. The number of hydrogen-bond acceptors (Lipinski definition) is 13. The minimum Gasteiger partial charge on any atom is -0.462 e. The van der Waals surface area contributed by atoms with Crippen molar-refractivity contribution in [1.29, 1.82) is 0 Å². The summed E-state index contributed by atoms with van der Waals surface area (Å²) in [5.41, 5.74) is -1.10. The van der Waals surface area contributed by atoms with Gasteiger partial charge in [0, 0.05) is 37.3 Å². The molecule has 14 heteroatoms. The van der Waals surface area contributed by atoms with Crippen LogP contribution < -0.4 is 0 Å². The molecule has 3 N–H and O–H groups in total.